The highest BCUT2D eigenvalue weighted by atomic mass is 35.5. The van der Waals surface area contributed by atoms with Crippen LogP contribution < -0.4 is 0 Å². The summed E-state index contributed by atoms with van der Waals surface area (Å²) >= 11 is 6.25. The lowest BCUT2D eigenvalue weighted by molar-refractivity contribution is 1.11. The first-order chi connectivity index (χ1) is 11.3. The third-order valence-electron chi connectivity index (χ3n) is 4.18. The van der Waals surface area contributed by atoms with Crippen LogP contribution in [0.1, 0.15) is 0 Å². The highest BCUT2D eigenvalue weighted by Crippen LogP contribution is 2.30. The van der Waals surface area contributed by atoms with Crippen molar-refractivity contribution in [2.45, 2.75) is 0 Å². The van der Waals surface area contributed by atoms with Gasteiger partial charge in [-0.15, -0.1) is 0 Å². The number of nitrogens with zero attached hydrogens (tertiary/aromatic N) is 3. The number of hydrogen-bond donors (Lipinski definition) is 0. The van der Waals surface area contributed by atoms with Gasteiger partial charge in [-0.2, -0.15) is 0 Å². The standard InChI is InChI=1S/C19H12ClN3/c20-13-10-11-17-18(12-13)23-16-9-5-4-8-15(16)21-19(23)22(17)14-6-2-1-3-7-14/h1-12H. The Bertz CT molecular complexity index is 1170. The van der Waals surface area contributed by atoms with Crippen LogP contribution in [0.25, 0.3) is 33.5 Å². The predicted molar refractivity (Wildman–Crippen MR) is 94.5 cm³/mol. The first kappa shape index (κ1) is 12.7. The Kier molecular flexibility index (Phi) is 2.55. The van der Waals surface area contributed by atoms with Crippen molar-refractivity contribution in [1.29, 1.82) is 0 Å². The third kappa shape index (κ3) is 1.74. The smallest absolute Gasteiger partial charge is 0.220 e. The normalized spacial score (nSPS) is 11.7. The topological polar surface area (TPSA) is 22.2 Å². The van der Waals surface area contributed by atoms with Crippen molar-refractivity contribution in [2.24, 2.45) is 0 Å². The molecule has 0 aliphatic carbocycles. The highest BCUT2D eigenvalue weighted by Gasteiger charge is 2.16. The summed E-state index contributed by atoms with van der Waals surface area (Å²) in [7, 11) is 0. The molecule has 0 atom stereocenters. The molecule has 0 fully saturated rings. The van der Waals surface area contributed by atoms with Gasteiger partial charge in [-0.1, -0.05) is 41.9 Å². The van der Waals surface area contributed by atoms with Gasteiger partial charge in [-0.3, -0.25) is 8.97 Å². The van der Waals surface area contributed by atoms with E-state index in [4.69, 9.17) is 16.6 Å². The molecule has 0 aliphatic heterocycles. The molecule has 5 aromatic rings. The second-order valence-corrected chi connectivity index (χ2v) is 5.98. The maximum Gasteiger partial charge on any atom is 0.220 e. The summed E-state index contributed by atoms with van der Waals surface area (Å²) in [6, 6.07) is 24.4. The number of para-hydroxylation sites is 3. The number of fused-ring (bicyclic) bond motifs is 5. The minimum Gasteiger partial charge on any atom is -0.278 e. The number of rotatable bonds is 1. The Morgan fingerprint density at radius 3 is 2.39 bits per heavy atom. The summed E-state index contributed by atoms with van der Waals surface area (Å²) < 4.78 is 4.34. The molecule has 110 valence electrons. The van der Waals surface area contributed by atoms with E-state index >= 15 is 0 Å². The highest BCUT2D eigenvalue weighted by molar-refractivity contribution is 6.31. The van der Waals surface area contributed by atoms with Crippen molar-refractivity contribution in [3.63, 3.8) is 0 Å². The summed E-state index contributed by atoms with van der Waals surface area (Å²) in [5, 5.41) is 0.724. The fourth-order valence-corrected chi connectivity index (χ4v) is 3.37. The zero-order valence-corrected chi connectivity index (χ0v) is 12.9. The van der Waals surface area contributed by atoms with E-state index in [9.17, 15) is 0 Å². The summed E-state index contributed by atoms with van der Waals surface area (Å²) in [6.45, 7) is 0. The molecule has 0 aliphatic rings. The molecule has 0 saturated heterocycles. The maximum absolute atomic E-state index is 6.25. The van der Waals surface area contributed by atoms with Gasteiger partial charge in [-0.05, 0) is 42.5 Å². The van der Waals surface area contributed by atoms with Crippen LogP contribution >= 0.6 is 11.6 Å². The molecule has 0 unspecified atom stereocenters. The Hall–Kier alpha value is -2.78. The Morgan fingerprint density at radius 2 is 1.52 bits per heavy atom. The van der Waals surface area contributed by atoms with Crippen LogP contribution in [-0.2, 0) is 0 Å². The molecule has 3 aromatic carbocycles. The van der Waals surface area contributed by atoms with Crippen molar-refractivity contribution in [1.82, 2.24) is 14.0 Å². The van der Waals surface area contributed by atoms with Gasteiger partial charge >= 0.3 is 0 Å². The summed E-state index contributed by atoms with van der Waals surface area (Å²) in [5.74, 6) is 0.898. The fourth-order valence-electron chi connectivity index (χ4n) is 3.20. The molecule has 5 rings (SSSR count). The number of imidazole rings is 2. The SMILES string of the molecule is Clc1ccc2c(c1)n1c3ccccc3nc1n2-c1ccccc1. The van der Waals surface area contributed by atoms with Crippen molar-refractivity contribution < 1.29 is 0 Å². The largest absolute Gasteiger partial charge is 0.278 e. The molecular weight excluding hydrogens is 306 g/mol. The minimum atomic E-state index is 0.724. The third-order valence-corrected chi connectivity index (χ3v) is 4.41. The van der Waals surface area contributed by atoms with E-state index < -0.39 is 0 Å². The first-order valence-electron chi connectivity index (χ1n) is 7.45. The van der Waals surface area contributed by atoms with Gasteiger partial charge in [0.25, 0.3) is 0 Å². The second-order valence-electron chi connectivity index (χ2n) is 5.54. The van der Waals surface area contributed by atoms with Crippen LogP contribution in [0.5, 0.6) is 0 Å². The van der Waals surface area contributed by atoms with Crippen molar-refractivity contribution in [3.05, 3.63) is 77.8 Å². The van der Waals surface area contributed by atoms with E-state index in [2.05, 4.69) is 27.2 Å². The minimum absolute atomic E-state index is 0.724. The van der Waals surface area contributed by atoms with Gasteiger partial charge in [0, 0.05) is 10.7 Å². The average Bonchev–Trinajstić information content (AvgIpc) is 3.10. The van der Waals surface area contributed by atoms with E-state index in [1.165, 1.54) is 0 Å². The van der Waals surface area contributed by atoms with Crippen LogP contribution in [0, 0.1) is 0 Å². The van der Waals surface area contributed by atoms with Gasteiger partial charge in [0.05, 0.1) is 22.1 Å². The van der Waals surface area contributed by atoms with Gasteiger partial charge in [0.1, 0.15) is 0 Å². The summed E-state index contributed by atoms with van der Waals surface area (Å²) in [6.07, 6.45) is 0. The number of hydrogen-bond acceptors (Lipinski definition) is 1. The molecule has 4 heteroatoms. The fraction of sp³-hybridized carbons (Fsp3) is 0. The van der Waals surface area contributed by atoms with Gasteiger partial charge in [-0.25, -0.2) is 4.98 Å². The molecule has 3 nitrogen and oxygen atoms in total. The molecule has 2 aromatic heterocycles. The molecule has 0 radical (unpaired) electrons. The van der Waals surface area contributed by atoms with Crippen molar-refractivity contribution in [2.75, 3.05) is 0 Å². The van der Waals surface area contributed by atoms with Gasteiger partial charge in [0.2, 0.25) is 5.78 Å². The van der Waals surface area contributed by atoms with Gasteiger partial charge in [0.15, 0.2) is 0 Å². The molecule has 0 N–H and O–H groups in total. The zero-order chi connectivity index (χ0) is 15.4. The second kappa shape index (κ2) is 4.61. The van der Waals surface area contributed by atoms with Crippen molar-refractivity contribution in [3.8, 4) is 5.69 Å². The lowest BCUT2D eigenvalue weighted by Gasteiger charge is -2.04. The van der Waals surface area contributed by atoms with Crippen LogP contribution in [0.15, 0.2) is 72.8 Å². The molecule has 0 bridgehead atoms. The van der Waals surface area contributed by atoms with Crippen LogP contribution in [-0.4, -0.2) is 14.0 Å². The van der Waals surface area contributed by atoms with Gasteiger partial charge < -0.3 is 0 Å². The molecular formula is C19H12ClN3. The molecule has 0 saturated carbocycles. The zero-order valence-electron chi connectivity index (χ0n) is 12.1. The summed E-state index contributed by atoms with van der Waals surface area (Å²) in [4.78, 5) is 4.84. The number of halogens is 1. The van der Waals surface area contributed by atoms with E-state index in [0.717, 1.165) is 38.6 Å². The monoisotopic (exact) mass is 317 g/mol. The van der Waals surface area contributed by atoms with E-state index in [0.29, 0.717) is 0 Å². The number of benzene rings is 3. The van der Waals surface area contributed by atoms with E-state index in [1.54, 1.807) is 0 Å². The lowest BCUT2D eigenvalue weighted by atomic mass is 10.2. The Balaban J connectivity index is 2.06. The first-order valence-corrected chi connectivity index (χ1v) is 7.83. The Morgan fingerprint density at radius 1 is 0.739 bits per heavy atom. The average molecular weight is 318 g/mol. The molecule has 0 amide bonds. The van der Waals surface area contributed by atoms with E-state index in [1.807, 2.05) is 54.6 Å². The van der Waals surface area contributed by atoms with Crippen LogP contribution in [0.4, 0.5) is 0 Å². The molecule has 2 heterocycles. The van der Waals surface area contributed by atoms with Crippen LogP contribution in [0.3, 0.4) is 0 Å². The molecule has 0 spiro atoms. The Labute approximate surface area is 137 Å². The van der Waals surface area contributed by atoms with Crippen molar-refractivity contribution >= 4 is 39.4 Å². The predicted octanol–water partition coefficient (Wildman–Crippen LogP) is 5.08. The van der Waals surface area contributed by atoms with Crippen LogP contribution in [0.2, 0.25) is 5.02 Å². The summed E-state index contributed by atoms with van der Waals surface area (Å²) in [5.41, 5.74) is 5.31. The lowest BCUT2D eigenvalue weighted by Crippen LogP contribution is -1.94. The quantitative estimate of drug-likeness (QED) is 0.422. The number of aromatic nitrogens is 3. The molecule has 23 heavy (non-hydrogen) atoms. The maximum atomic E-state index is 6.25. The van der Waals surface area contributed by atoms with E-state index in [-0.39, 0.29) is 0 Å².